The zero-order chi connectivity index (χ0) is 12.0. The highest BCUT2D eigenvalue weighted by atomic mass is 16.2. The number of nitrogens with one attached hydrogen (secondary N) is 2. The lowest BCUT2D eigenvalue weighted by molar-refractivity contribution is -0.122. The molecule has 0 radical (unpaired) electrons. The second-order valence-electron chi connectivity index (χ2n) is 5.15. The fourth-order valence-electron chi connectivity index (χ4n) is 2.33. The smallest absolute Gasteiger partial charge is 0.236 e. The van der Waals surface area contributed by atoms with E-state index in [1.165, 1.54) is 19.3 Å². The van der Waals surface area contributed by atoms with Gasteiger partial charge in [0.15, 0.2) is 0 Å². The van der Waals surface area contributed by atoms with Crippen LogP contribution in [0.25, 0.3) is 0 Å². The Bertz CT molecular complexity index is 218. The number of carbonyl (C=O) groups excluding carboxylic acids is 1. The Labute approximate surface area is 99.4 Å². The molecule has 0 spiro atoms. The third-order valence-electron chi connectivity index (χ3n) is 3.40. The van der Waals surface area contributed by atoms with Crippen LogP contribution in [0.1, 0.15) is 52.9 Å². The predicted molar refractivity (Wildman–Crippen MR) is 67.3 cm³/mol. The van der Waals surface area contributed by atoms with Crippen molar-refractivity contribution < 1.29 is 4.79 Å². The van der Waals surface area contributed by atoms with Crippen LogP contribution in [0.15, 0.2) is 0 Å². The molecule has 3 atom stereocenters. The molecule has 0 aromatic carbocycles. The van der Waals surface area contributed by atoms with Gasteiger partial charge in [-0.2, -0.15) is 0 Å². The molecule has 0 bridgehead atoms. The maximum absolute atomic E-state index is 11.7. The Balaban J connectivity index is 2.18. The van der Waals surface area contributed by atoms with Crippen LogP contribution in [0.3, 0.4) is 0 Å². The van der Waals surface area contributed by atoms with Crippen molar-refractivity contribution in [2.24, 2.45) is 5.92 Å². The Morgan fingerprint density at radius 2 is 2.19 bits per heavy atom. The predicted octanol–water partition coefficient (Wildman–Crippen LogP) is 2.07. The van der Waals surface area contributed by atoms with Gasteiger partial charge in [-0.25, -0.2) is 0 Å². The zero-order valence-corrected chi connectivity index (χ0v) is 10.9. The number of hydrogen-bond acceptors (Lipinski definition) is 2. The average molecular weight is 226 g/mol. The summed E-state index contributed by atoms with van der Waals surface area (Å²) in [6, 6.07) is 0.495. The van der Waals surface area contributed by atoms with Crippen LogP contribution in [-0.4, -0.2) is 24.5 Å². The lowest BCUT2D eigenvalue weighted by Crippen LogP contribution is -2.46. The van der Waals surface area contributed by atoms with Crippen LogP contribution in [0, 0.1) is 5.92 Å². The molecule has 0 aliphatic heterocycles. The molecule has 3 heteroatoms. The highest BCUT2D eigenvalue weighted by Crippen LogP contribution is 2.24. The van der Waals surface area contributed by atoms with E-state index in [1.807, 2.05) is 6.92 Å². The van der Waals surface area contributed by atoms with Gasteiger partial charge < -0.3 is 10.6 Å². The molecular weight excluding hydrogens is 200 g/mol. The van der Waals surface area contributed by atoms with Gasteiger partial charge in [0.25, 0.3) is 0 Å². The first-order chi connectivity index (χ1) is 7.63. The van der Waals surface area contributed by atoms with Crippen LogP contribution in [0.2, 0.25) is 0 Å². The normalized spacial score (nSPS) is 26.7. The van der Waals surface area contributed by atoms with Crippen molar-refractivity contribution in [2.45, 2.75) is 65.0 Å². The second-order valence-corrected chi connectivity index (χ2v) is 5.15. The first-order valence-corrected chi connectivity index (χ1v) is 6.67. The van der Waals surface area contributed by atoms with E-state index in [0.29, 0.717) is 6.04 Å². The standard InChI is InChI=1S/C13H26N2O/c1-4-5-8-14-13(16)11(3)15-12-7-6-10(2)9-12/h10-12,15H,4-9H2,1-3H3,(H,14,16). The minimum Gasteiger partial charge on any atom is -0.355 e. The first kappa shape index (κ1) is 13.5. The van der Waals surface area contributed by atoms with Crippen molar-refractivity contribution in [3.8, 4) is 0 Å². The summed E-state index contributed by atoms with van der Waals surface area (Å²) < 4.78 is 0. The van der Waals surface area contributed by atoms with E-state index >= 15 is 0 Å². The minimum absolute atomic E-state index is 0.0489. The summed E-state index contributed by atoms with van der Waals surface area (Å²) in [7, 11) is 0. The maximum Gasteiger partial charge on any atom is 0.236 e. The summed E-state index contributed by atoms with van der Waals surface area (Å²) in [4.78, 5) is 11.7. The molecule has 2 N–H and O–H groups in total. The van der Waals surface area contributed by atoms with E-state index in [1.54, 1.807) is 0 Å². The maximum atomic E-state index is 11.7. The molecule has 1 amide bonds. The third kappa shape index (κ3) is 4.52. The molecule has 16 heavy (non-hydrogen) atoms. The summed E-state index contributed by atoms with van der Waals surface area (Å²) in [6.45, 7) is 7.19. The molecule has 0 aromatic rings. The fraction of sp³-hybridized carbons (Fsp3) is 0.923. The highest BCUT2D eigenvalue weighted by molar-refractivity contribution is 5.81. The number of unbranched alkanes of at least 4 members (excludes halogenated alkanes) is 1. The molecule has 0 heterocycles. The minimum atomic E-state index is -0.0489. The number of amides is 1. The molecule has 1 aliphatic rings. The molecule has 1 saturated carbocycles. The molecule has 1 aliphatic carbocycles. The van der Waals surface area contributed by atoms with Crippen molar-refractivity contribution in [1.82, 2.24) is 10.6 Å². The summed E-state index contributed by atoms with van der Waals surface area (Å²) in [5.74, 6) is 0.959. The van der Waals surface area contributed by atoms with E-state index in [0.717, 1.165) is 25.3 Å². The van der Waals surface area contributed by atoms with Gasteiger partial charge in [0.2, 0.25) is 5.91 Å². The monoisotopic (exact) mass is 226 g/mol. The number of carbonyl (C=O) groups is 1. The van der Waals surface area contributed by atoms with E-state index in [4.69, 9.17) is 0 Å². The van der Waals surface area contributed by atoms with Gasteiger partial charge >= 0.3 is 0 Å². The van der Waals surface area contributed by atoms with E-state index in [9.17, 15) is 4.79 Å². The van der Waals surface area contributed by atoms with Crippen LogP contribution >= 0.6 is 0 Å². The lowest BCUT2D eigenvalue weighted by Gasteiger charge is -2.19. The van der Waals surface area contributed by atoms with E-state index < -0.39 is 0 Å². The topological polar surface area (TPSA) is 41.1 Å². The molecule has 94 valence electrons. The van der Waals surface area contributed by atoms with Gasteiger partial charge in [-0.15, -0.1) is 0 Å². The van der Waals surface area contributed by atoms with Crippen LogP contribution in [0.5, 0.6) is 0 Å². The molecule has 1 fully saturated rings. The molecular formula is C13H26N2O. The van der Waals surface area contributed by atoms with Crippen LogP contribution in [0.4, 0.5) is 0 Å². The van der Waals surface area contributed by atoms with Crippen molar-refractivity contribution >= 4 is 5.91 Å². The summed E-state index contributed by atoms with van der Waals surface area (Å²) in [5.41, 5.74) is 0. The van der Waals surface area contributed by atoms with Gasteiger partial charge in [0.1, 0.15) is 0 Å². The third-order valence-corrected chi connectivity index (χ3v) is 3.40. The molecule has 3 unspecified atom stereocenters. The Morgan fingerprint density at radius 3 is 2.75 bits per heavy atom. The first-order valence-electron chi connectivity index (χ1n) is 6.67. The second kappa shape index (κ2) is 6.89. The van der Waals surface area contributed by atoms with Gasteiger partial charge in [-0.3, -0.25) is 4.79 Å². The molecule has 0 aromatic heterocycles. The lowest BCUT2D eigenvalue weighted by atomic mass is 10.1. The van der Waals surface area contributed by atoms with Crippen molar-refractivity contribution in [2.75, 3.05) is 6.54 Å². The summed E-state index contributed by atoms with van der Waals surface area (Å²) in [5, 5.41) is 6.39. The van der Waals surface area contributed by atoms with Crippen molar-refractivity contribution in [3.63, 3.8) is 0 Å². The van der Waals surface area contributed by atoms with Gasteiger partial charge in [-0.05, 0) is 38.5 Å². The summed E-state index contributed by atoms with van der Waals surface area (Å²) in [6.07, 6.45) is 5.92. The van der Waals surface area contributed by atoms with Crippen molar-refractivity contribution in [1.29, 1.82) is 0 Å². The number of rotatable bonds is 6. The Kier molecular flexibility index (Phi) is 5.81. The summed E-state index contributed by atoms with van der Waals surface area (Å²) >= 11 is 0. The van der Waals surface area contributed by atoms with Gasteiger partial charge in [0.05, 0.1) is 6.04 Å². The van der Waals surface area contributed by atoms with Crippen LogP contribution in [-0.2, 0) is 4.79 Å². The molecule has 1 rings (SSSR count). The van der Waals surface area contributed by atoms with E-state index in [2.05, 4.69) is 24.5 Å². The quantitative estimate of drug-likeness (QED) is 0.681. The SMILES string of the molecule is CCCCNC(=O)C(C)NC1CCC(C)C1. The fourth-order valence-corrected chi connectivity index (χ4v) is 2.33. The Morgan fingerprint density at radius 1 is 1.44 bits per heavy atom. The zero-order valence-electron chi connectivity index (χ0n) is 10.9. The Hall–Kier alpha value is -0.570. The van der Waals surface area contributed by atoms with E-state index in [-0.39, 0.29) is 11.9 Å². The van der Waals surface area contributed by atoms with Gasteiger partial charge in [-0.1, -0.05) is 20.3 Å². The number of hydrogen-bond donors (Lipinski definition) is 2. The molecule has 0 saturated heterocycles. The van der Waals surface area contributed by atoms with Crippen molar-refractivity contribution in [3.05, 3.63) is 0 Å². The van der Waals surface area contributed by atoms with Gasteiger partial charge in [0, 0.05) is 12.6 Å². The average Bonchev–Trinajstić information content (AvgIpc) is 2.64. The molecule has 3 nitrogen and oxygen atoms in total. The highest BCUT2D eigenvalue weighted by Gasteiger charge is 2.24. The van der Waals surface area contributed by atoms with Crippen LogP contribution < -0.4 is 10.6 Å². The largest absolute Gasteiger partial charge is 0.355 e.